The van der Waals surface area contributed by atoms with E-state index < -0.39 is 10.0 Å². The first-order chi connectivity index (χ1) is 12.5. The van der Waals surface area contributed by atoms with Crippen LogP contribution in [0, 0.1) is 0 Å². The van der Waals surface area contributed by atoms with Crippen molar-refractivity contribution in [3.05, 3.63) is 29.8 Å². The molecule has 144 valence electrons. The highest BCUT2D eigenvalue weighted by atomic mass is 32.2. The molecular weight excluding hydrogens is 354 g/mol. The van der Waals surface area contributed by atoms with Gasteiger partial charge in [-0.3, -0.25) is 4.79 Å². The molecule has 2 heterocycles. The molecule has 1 unspecified atom stereocenters. The Balaban J connectivity index is 1.60. The molecule has 0 radical (unpaired) electrons. The lowest BCUT2D eigenvalue weighted by atomic mass is 10.2. The van der Waals surface area contributed by atoms with E-state index >= 15 is 0 Å². The first-order valence-electron chi connectivity index (χ1n) is 9.23. The summed E-state index contributed by atoms with van der Waals surface area (Å²) >= 11 is 0. The maximum atomic E-state index is 12.8. The van der Waals surface area contributed by atoms with Crippen molar-refractivity contribution < 1.29 is 17.9 Å². The predicted octanol–water partition coefficient (Wildman–Crippen LogP) is 0.922. The van der Waals surface area contributed by atoms with Gasteiger partial charge in [0, 0.05) is 44.9 Å². The molecule has 1 amide bonds. The van der Waals surface area contributed by atoms with Crippen molar-refractivity contribution in [2.24, 2.45) is 0 Å². The molecule has 3 rings (SSSR count). The lowest BCUT2D eigenvalue weighted by Crippen LogP contribution is -2.48. The Bertz CT molecular complexity index is 706. The fourth-order valence-corrected chi connectivity index (χ4v) is 4.75. The lowest BCUT2D eigenvalue weighted by molar-refractivity contribution is 0.0857. The lowest BCUT2D eigenvalue weighted by Gasteiger charge is -2.33. The second kappa shape index (κ2) is 8.47. The van der Waals surface area contributed by atoms with Crippen LogP contribution >= 0.6 is 0 Å². The number of benzene rings is 1. The number of nitrogens with zero attached hydrogens (tertiary/aromatic N) is 2. The van der Waals surface area contributed by atoms with Gasteiger partial charge in [-0.05, 0) is 43.7 Å². The number of likely N-dealkylation sites (N-methyl/N-ethyl adjacent to an activating group) is 1. The highest BCUT2D eigenvalue weighted by molar-refractivity contribution is 7.89. The van der Waals surface area contributed by atoms with E-state index in [0.717, 1.165) is 39.1 Å². The monoisotopic (exact) mass is 381 g/mol. The fraction of sp³-hybridized carbons (Fsp3) is 0.611. The third-order valence-corrected chi connectivity index (χ3v) is 6.96. The summed E-state index contributed by atoms with van der Waals surface area (Å²) in [5.41, 5.74) is 0.456. The summed E-state index contributed by atoms with van der Waals surface area (Å²) in [7, 11) is -3.51. The summed E-state index contributed by atoms with van der Waals surface area (Å²) in [6, 6.07) is 6.17. The van der Waals surface area contributed by atoms with E-state index in [4.69, 9.17) is 4.74 Å². The average Bonchev–Trinajstić information content (AvgIpc) is 3.20. The number of sulfonamides is 1. The quantitative estimate of drug-likeness (QED) is 0.793. The Morgan fingerprint density at radius 1 is 1.19 bits per heavy atom. The third-order valence-electron chi connectivity index (χ3n) is 5.05. The van der Waals surface area contributed by atoms with E-state index in [1.165, 1.54) is 16.4 Å². The molecule has 0 aliphatic carbocycles. The van der Waals surface area contributed by atoms with Crippen molar-refractivity contribution in [1.82, 2.24) is 14.5 Å². The van der Waals surface area contributed by atoms with E-state index in [9.17, 15) is 13.2 Å². The number of carbonyl (C=O) groups is 1. The topological polar surface area (TPSA) is 79.0 Å². The molecule has 26 heavy (non-hydrogen) atoms. The van der Waals surface area contributed by atoms with Crippen molar-refractivity contribution in [1.29, 1.82) is 0 Å². The Kier molecular flexibility index (Phi) is 6.29. The summed E-state index contributed by atoms with van der Waals surface area (Å²) in [5, 5.41) is 2.84. The SMILES string of the molecule is CCN1CCN(S(=O)(=O)c2ccc(C(=O)NCC3CCCO3)cc2)CC1. The average molecular weight is 381 g/mol. The van der Waals surface area contributed by atoms with Gasteiger partial charge in [0.15, 0.2) is 0 Å². The van der Waals surface area contributed by atoms with E-state index in [1.807, 2.05) is 0 Å². The van der Waals surface area contributed by atoms with Crippen molar-refractivity contribution in [3.8, 4) is 0 Å². The highest BCUT2D eigenvalue weighted by Crippen LogP contribution is 2.18. The molecule has 0 spiro atoms. The van der Waals surface area contributed by atoms with Gasteiger partial charge >= 0.3 is 0 Å². The minimum Gasteiger partial charge on any atom is -0.376 e. The van der Waals surface area contributed by atoms with Gasteiger partial charge in [0.2, 0.25) is 10.0 Å². The normalized spacial score (nSPS) is 22.4. The highest BCUT2D eigenvalue weighted by Gasteiger charge is 2.28. The van der Waals surface area contributed by atoms with Crippen LogP contribution in [0.5, 0.6) is 0 Å². The molecule has 1 aromatic rings. The molecule has 0 saturated carbocycles. The van der Waals surface area contributed by atoms with Gasteiger partial charge in [0.25, 0.3) is 5.91 Å². The molecule has 2 aliphatic rings. The van der Waals surface area contributed by atoms with Crippen LogP contribution in [0.25, 0.3) is 0 Å². The van der Waals surface area contributed by atoms with Crippen LogP contribution in [-0.2, 0) is 14.8 Å². The molecule has 1 atom stereocenters. The Morgan fingerprint density at radius 3 is 2.46 bits per heavy atom. The molecule has 2 fully saturated rings. The van der Waals surface area contributed by atoms with Gasteiger partial charge in [-0.25, -0.2) is 8.42 Å². The summed E-state index contributed by atoms with van der Waals surface area (Å²) in [6.07, 6.45) is 2.07. The van der Waals surface area contributed by atoms with Gasteiger partial charge in [-0.15, -0.1) is 0 Å². The summed E-state index contributed by atoms with van der Waals surface area (Å²) in [6.45, 7) is 6.75. The second-order valence-electron chi connectivity index (χ2n) is 6.71. The van der Waals surface area contributed by atoms with Crippen LogP contribution in [0.15, 0.2) is 29.2 Å². The molecule has 1 N–H and O–H groups in total. The zero-order valence-electron chi connectivity index (χ0n) is 15.2. The van der Waals surface area contributed by atoms with Gasteiger partial charge in [0.1, 0.15) is 0 Å². The Morgan fingerprint density at radius 2 is 1.88 bits per heavy atom. The fourth-order valence-electron chi connectivity index (χ4n) is 3.33. The number of amides is 1. The molecule has 7 nitrogen and oxygen atoms in total. The molecule has 0 bridgehead atoms. The predicted molar refractivity (Wildman–Crippen MR) is 98.6 cm³/mol. The van der Waals surface area contributed by atoms with Crippen LogP contribution in [0.3, 0.4) is 0 Å². The molecule has 0 aromatic heterocycles. The maximum Gasteiger partial charge on any atom is 0.251 e. The van der Waals surface area contributed by atoms with Gasteiger partial charge in [-0.2, -0.15) is 4.31 Å². The molecule has 2 aliphatic heterocycles. The Hall–Kier alpha value is -1.48. The molecule has 8 heteroatoms. The Labute approximate surface area is 155 Å². The number of hydrogen-bond donors (Lipinski definition) is 1. The molecular formula is C18H27N3O4S. The summed E-state index contributed by atoms with van der Waals surface area (Å²) < 4.78 is 32.5. The van der Waals surface area contributed by atoms with Gasteiger partial charge in [0.05, 0.1) is 11.0 Å². The number of ether oxygens (including phenoxy) is 1. The van der Waals surface area contributed by atoms with Gasteiger partial charge in [-0.1, -0.05) is 6.92 Å². The maximum absolute atomic E-state index is 12.8. The van der Waals surface area contributed by atoms with Crippen LogP contribution in [-0.4, -0.2) is 75.5 Å². The smallest absolute Gasteiger partial charge is 0.251 e. The first kappa shape index (κ1) is 19.3. The largest absolute Gasteiger partial charge is 0.376 e. The van der Waals surface area contributed by atoms with E-state index in [2.05, 4.69) is 17.1 Å². The summed E-state index contributed by atoms with van der Waals surface area (Å²) in [4.78, 5) is 14.7. The molecule has 2 saturated heterocycles. The van der Waals surface area contributed by atoms with Gasteiger partial charge < -0.3 is 15.0 Å². The van der Waals surface area contributed by atoms with E-state index in [0.29, 0.717) is 25.2 Å². The van der Waals surface area contributed by atoms with Crippen LogP contribution < -0.4 is 5.32 Å². The number of rotatable bonds is 6. The standard InChI is InChI=1S/C18H27N3O4S/c1-2-20-9-11-21(12-10-20)26(23,24)17-7-5-15(6-8-17)18(22)19-14-16-4-3-13-25-16/h5-8,16H,2-4,9-14H2,1H3,(H,19,22). The number of nitrogens with one attached hydrogen (secondary N) is 1. The van der Waals surface area contributed by atoms with Crippen molar-refractivity contribution >= 4 is 15.9 Å². The van der Waals surface area contributed by atoms with Crippen molar-refractivity contribution in [3.63, 3.8) is 0 Å². The number of piperazine rings is 1. The van der Waals surface area contributed by atoms with E-state index in [-0.39, 0.29) is 16.9 Å². The second-order valence-corrected chi connectivity index (χ2v) is 8.65. The van der Waals surface area contributed by atoms with Crippen LogP contribution in [0.4, 0.5) is 0 Å². The van der Waals surface area contributed by atoms with Crippen molar-refractivity contribution in [2.75, 3.05) is 45.9 Å². The van der Waals surface area contributed by atoms with Crippen LogP contribution in [0.1, 0.15) is 30.1 Å². The number of carbonyl (C=O) groups excluding carboxylic acids is 1. The third kappa shape index (κ3) is 4.43. The summed E-state index contributed by atoms with van der Waals surface area (Å²) in [5.74, 6) is -0.207. The minimum atomic E-state index is -3.51. The van der Waals surface area contributed by atoms with Crippen molar-refractivity contribution in [2.45, 2.75) is 30.8 Å². The first-order valence-corrected chi connectivity index (χ1v) is 10.7. The van der Waals surface area contributed by atoms with E-state index in [1.54, 1.807) is 12.1 Å². The molecule has 1 aromatic carbocycles. The van der Waals surface area contributed by atoms with Crippen LogP contribution in [0.2, 0.25) is 0 Å². The number of hydrogen-bond acceptors (Lipinski definition) is 5. The zero-order valence-corrected chi connectivity index (χ0v) is 16.0. The zero-order chi connectivity index (χ0) is 18.6. The minimum absolute atomic E-state index is 0.0837.